The first-order valence-electron chi connectivity index (χ1n) is 15.8. The number of nitrogens with one attached hydrogen (secondary N) is 2. The number of hydrogen-bond acceptors (Lipinski definition) is 4. The predicted octanol–water partition coefficient (Wildman–Crippen LogP) is 7.42. The molecule has 1 aliphatic heterocycles. The largest absolute Gasteiger partial charge is 0.416 e. The van der Waals surface area contributed by atoms with Gasteiger partial charge in [0.1, 0.15) is 0 Å². The molecular formula is C35H38ClF6N3O3. The molecule has 5 rings (SSSR count). The lowest BCUT2D eigenvalue weighted by atomic mass is 9.94. The molecule has 13 heteroatoms. The molecule has 1 aliphatic carbocycles. The van der Waals surface area contributed by atoms with Gasteiger partial charge in [-0.15, -0.1) is 12.4 Å². The highest BCUT2D eigenvalue weighted by atomic mass is 35.5. The van der Waals surface area contributed by atoms with Crippen molar-refractivity contribution in [2.75, 3.05) is 18.0 Å². The van der Waals surface area contributed by atoms with E-state index in [9.17, 15) is 41.0 Å². The average molecular weight is 698 g/mol. The van der Waals surface area contributed by atoms with Crippen molar-refractivity contribution in [3.63, 3.8) is 0 Å². The molecule has 0 aromatic heterocycles. The Morgan fingerprint density at radius 1 is 0.875 bits per heavy atom. The van der Waals surface area contributed by atoms with Gasteiger partial charge in [-0.25, -0.2) is 0 Å². The molecule has 2 fully saturated rings. The van der Waals surface area contributed by atoms with Gasteiger partial charge >= 0.3 is 12.4 Å². The van der Waals surface area contributed by atoms with Crippen LogP contribution in [0.2, 0.25) is 0 Å². The van der Waals surface area contributed by atoms with Gasteiger partial charge < -0.3 is 20.6 Å². The number of hydrogen-bond donors (Lipinski definition) is 3. The summed E-state index contributed by atoms with van der Waals surface area (Å²) in [5, 5.41) is 16.9. The molecule has 1 heterocycles. The molecule has 0 bridgehead atoms. The minimum absolute atomic E-state index is 0. The van der Waals surface area contributed by atoms with Crippen LogP contribution in [0.3, 0.4) is 0 Å². The first-order chi connectivity index (χ1) is 22.3. The second-order valence-electron chi connectivity index (χ2n) is 12.3. The summed E-state index contributed by atoms with van der Waals surface area (Å²) in [4.78, 5) is 28.0. The van der Waals surface area contributed by atoms with Crippen LogP contribution in [0.15, 0.2) is 66.7 Å². The van der Waals surface area contributed by atoms with E-state index in [0.29, 0.717) is 36.3 Å². The number of rotatable bonds is 11. The van der Waals surface area contributed by atoms with E-state index in [1.165, 1.54) is 0 Å². The molecule has 2 atom stereocenters. The Hall–Kier alpha value is -3.61. The maximum Gasteiger partial charge on any atom is 0.416 e. The lowest BCUT2D eigenvalue weighted by molar-refractivity contribution is -0.143. The third kappa shape index (κ3) is 9.51. The van der Waals surface area contributed by atoms with Crippen LogP contribution in [0.25, 0.3) is 0 Å². The van der Waals surface area contributed by atoms with E-state index in [1.54, 1.807) is 23.1 Å². The number of benzene rings is 3. The van der Waals surface area contributed by atoms with E-state index >= 15 is 0 Å². The molecule has 260 valence electrons. The zero-order chi connectivity index (χ0) is 33.8. The molecule has 0 spiro atoms. The van der Waals surface area contributed by atoms with Gasteiger partial charge in [-0.3, -0.25) is 9.59 Å². The highest BCUT2D eigenvalue weighted by molar-refractivity contribution is 5.99. The van der Waals surface area contributed by atoms with Crippen molar-refractivity contribution in [2.45, 2.75) is 81.9 Å². The standard InChI is InChI=1S/C35H37F6N3O3.ClH/c36-34(37,38)27-13-23(14-28(19-27)35(39,40)41)20-42-21-31(45)30(15-22-7-2-1-3-8-22)43-33(47)26-16-25(24-9-4-5-10-24)17-29(18-26)44-12-6-11-32(44)46;/h1-3,7-8,13-14,16-19,24,30-31,42,45H,4-6,9-12,15,20-21H2,(H,43,47);1H/t30-,31+;/m0./s1. The Morgan fingerprint density at radius 3 is 2.10 bits per heavy atom. The van der Waals surface area contributed by atoms with Crippen LogP contribution in [0.5, 0.6) is 0 Å². The maximum absolute atomic E-state index is 13.8. The SMILES string of the molecule is Cl.O=C(N[C@@H](Cc1ccccc1)[C@H](O)CNCc1cc(C(F)(F)F)cc(C(F)(F)F)c1)c1cc(C2CCCC2)cc(N2CCCC2=O)c1. The number of halogens is 7. The van der Waals surface area contributed by atoms with Crippen molar-refractivity contribution >= 4 is 29.9 Å². The van der Waals surface area contributed by atoms with E-state index in [1.807, 2.05) is 30.3 Å². The molecule has 1 saturated carbocycles. The molecule has 2 amide bonds. The van der Waals surface area contributed by atoms with Gasteiger partial charge in [0.2, 0.25) is 5.91 Å². The Kier molecular flexibility index (Phi) is 12.2. The van der Waals surface area contributed by atoms with Crippen LogP contribution in [0.4, 0.5) is 32.0 Å². The normalized spacial score (nSPS) is 16.9. The van der Waals surface area contributed by atoms with E-state index < -0.39 is 41.5 Å². The third-order valence-electron chi connectivity index (χ3n) is 8.82. The molecule has 3 N–H and O–H groups in total. The highest BCUT2D eigenvalue weighted by Gasteiger charge is 2.37. The van der Waals surface area contributed by atoms with Crippen molar-refractivity contribution in [1.29, 1.82) is 0 Å². The lowest BCUT2D eigenvalue weighted by Crippen LogP contribution is -2.48. The second-order valence-corrected chi connectivity index (χ2v) is 12.3. The second kappa shape index (κ2) is 15.7. The van der Waals surface area contributed by atoms with Crippen molar-refractivity contribution in [2.24, 2.45) is 0 Å². The minimum Gasteiger partial charge on any atom is -0.390 e. The fourth-order valence-corrected chi connectivity index (χ4v) is 6.37. The Morgan fingerprint density at radius 2 is 1.52 bits per heavy atom. The van der Waals surface area contributed by atoms with Crippen LogP contribution in [0.1, 0.15) is 82.6 Å². The zero-order valence-corrected chi connectivity index (χ0v) is 26.9. The summed E-state index contributed by atoms with van der Waals surface area (Å²) in [6, 6.07) is 15.0. The first kappa shape index (κ1) is 37.2. The van der Waals surface area contributed by atoms with Gasteiger partial charge in [-0.05, 0) is 84.7 Å². The maximum atomic E-state index is 13.8. The van der Waals surface area contributed by atoms with Gasteiger partial charge in [0.25, 0.3) is 5.91 Å². The summed E-state index contributed by atoms with van der Waals surface area (Å²) >= 11 is 0. The third-order valence-corrected chi connectivity index (χ3v) is 8.82. The molecular weight excluding hydrogens is 660 g/mol. The van der Waals surface area contributed by atoms with Gasteiger partial charge in [-0.1, -0.05) is 43.2 Å². The molecule has 1 saturated heterocycles. The van der Waals surface area contributed by atoms with Crippen LogP contribution < -0.4 is 15.5 Å². The molecule has 0 unspecified atom stereocenters. The van der Waals surface area contributed by atoms with E-state index in [-0.39, 0.29) is 55.4 Å². The summed E-state index contributed by atoms with van der Waals surface area (Å²) in [5.41, 5.74) is -0.328. The lowest BCUT2D eigenvalue weighted by Gasteiger charge is -2.26. The molecule has 0 radical (unpaired) electrons. The molecule has 2 aliphatic rings. The van der Waals surface area contributed by atoms with Gasteiger partial charge in [0.15, 0.2) is 0 Å². The first-order valence-corrected chi connectivity index (χ1v) is 15.8. The number of aliphatic hydroxyl groups excluding tert-OH is 1. The highest BCUT2D eigenvalue weighted by Crippen LogP contribution is 2.38. The number of anilines is 1. The minimum atomic E-state index is -4.97. The van der Waals surface area contributed by atoms with Crippen LogP contribution >= 0.6 is 12.4 Å². The number of aliphatic hydroxyl groups is 1. The summed E-state index contributed by atoms with van der Waals surface area (Å²) in [7, 11) is 0. The van der Waals surface area contributed by atoms with Crippen LogP contribution in [-0.4, -0.2) is 42.2 Å². The summed E-state index contributed by atoms with van der Waals surface area (Å²) in [6.45, 7) is -0.0525. The van der Waals surface area contributed by atoms with Gasteiger partial charge in [0, 0.05) is 37.3 Å². The summed E-state index contributed by atoms with van der Waals surface area (Å²) in [6.07, 6.45) is -5.72. The van der Waals surface area contributed by atoms with Crippen LogP contribution in [0, 0.1) is 0 Å². The van der Waals surface area contributed by atoms with E-state index in [0.717, 1.165) is 43.2 Å². The van der Waals surface area contributed by atoms with Crippen molar-refractivity contribution < 1.29 is 41.0 Å². The average Bonchev–Trinajstić information content (AvgIpc) is 3.72. The zero-order valence-electron chi connectivity index (χ0n) is 26.0. The molecule has 3 aromatic rings. The Labute approximate surface area is 281 Å². The topological polar surface area (TPSA) is 81.7 Å². The fourth-order valence-electron chi connectivity index (χ4n) is 6.37. The molecule has 48 heavy (non-hydrogen) atoms. The quantitative estimate of drug-likeness (QED) is 0.182. The van der Waals surface area contributed by atoms with Crippen molar-refractivity contribution in [1.82, 2.24) is 10.6 Å². The molecule has 3 aromatic carbocycles. The van der Waals surface area contributed by atoms with E-state index in [4.69, 9.17) is 0 Å². The number of carbonyl (C=O) groups excluding carboxylic acids is 2. The predicted molar refractivity (Wildman–Crippen MR) is 172 cm³/mol. The monoisotopic (exact) mass is 697 g/mol. The van der Waals surface area contributed by atoms with Gasteiger partial charge in [-0.2, -0.15) is 26.3 Å². The van der Waals surface area contributed by atoms with Crippen molar-refractivity contribution in [3.05, 3.63) is 100 Å². The van der Waals surface area contributed by atoms with Crippen molar-refractivity contribution in [3.8, 4) is 0 Å². The van der Waals surface area contributed by atoms with E-state index in [2.05, 4.69) is 10.6 Å². The summed E-state index contributed by atoms with van der Waals surface area (Å²) in [5.74, 6) is -0.209. The Balaban J connectivity index is 0.00000520. The number of nitrogens with zero attached hydrogens (tertiary/aromatic N) is 1. The Bertz CT molecular complexity index is 1530. The summed E-state index contributed by atoms with van der Waals surface area (Å²) < 4.78 is 79.9. The van der Waals surface area contributed by atoms with Crippen LogP contribution in [-0.2, 0) is 30.1 Å². The molecule has 6 nitrogen and oxygen atoms in total. The number of carbonyl (C=O) groups is 2. The number of alkyl halides is 6. The number of amides is 2. The fraction of sp³-hybridized carbons (Fsp3) is 0.429. The van der Waals surface area contributed by atoms with Gasteiger partial charge in [0.05, 0.1) is 23.3 Å². The smallest absolute Gasteiger partial charge is 0.390 e.